The highest BCUT2D eigenvalue weighted by molar-refractivity contribution is 5.99. The predicted octanol–water partition coefficient (Wildman–Crippen LogP) is 1.43. The van der Waals surface area contributed by atoms with Crippen molar-refractivity contribution in [2.75, 3.05) is 25.0 Å². The molecular weight excluding hydrogens is 320 g/mol. The third-order valence-corrected chi connectivity index (χ3v) is 4.78. The van der Waals surface area contributed by atoms with E-state index in [0.717, 1.165) is 24.8 Å². The Morgan fingerprint density at radius 3 is 3.12 bits per heavy atom. The van der Waals surface area contributed by atoms with Gasteiger partial charge in [-0.1, -0.05) is 11.3 Å². The summed E-state index contributed by atoms with van der Waals surface area (Å²) in [6, 6.07) is 5.52. The highest BCUT2D eigenvalue weighted by Gasteiger charge is 2.25. The van der Waals surface area contributed by atoms with Crippen LogP contribution in [0.2, 0.25) is 0 Å². The molecule has 0 radical (unpaired) electrons. The molecule has 8 heteroatoms. The molecule has 1 aromatic heterocycles. The molecule has 0 spiro atoms. The number of benzene rings is 1. The fourth-order valence-electron chi connectivity index (χ4n) is 3.46. The van der Waals surface area contributed by atoms with Crippen molar-refractivity contribution in [2.24, 2.45) is 0 Å². The van der Waals surface area contributed by atoms with Crippen molar-refractivity contribution < 1.29 is 9.59 Å². The van der Waals surface area contributed by atoms with Crippen molar-refractivity contribution in [1.29, 1.82) is 0 Å². The predicted molar refractivity (Wildman–Crippen MR) is 91.4 cm³/mol. The first-order valence-corrected chi connectivity index (χ1v) is 8.53. The first kappa shape index (κ1) is 15.6. The molecule has 1 atom stereocenters. The van der Waals surface area contributed by atoms with Gasteiger partial charge in [0.25, 0.3) is 5.91 Å². The van der Waals surface area contributed by atoms with Crippen molar-refractivity contribution >= 4 is 17.6 Å². The Morgan fingerprint density at radius 1 is 1.36 bits per heavy atom. The van der Waals surface area contributed by atoms with Crippen molar-refractivity contribution in [3.63, 3.8) is 0 Å². The van der Waals surface area contributed by atoms with Gasteiger partial charge in [0.05, 0.1) is 12.2 Å². The first-order chi connectivity index (χ1) is 12.2. The molecule has 3 amide bonds. The lowest BCUT2D eigenvalue weighted by Gasteiger charge is -2.32. The SMILES string of the molecule is O=C1NCCc2ccc(NC(=O)N3CCCC(n4ccnn4)C3)cc21. The van der Waals surface area contributed by atoms with Gasteiger partial charge in [-0.25, -0.2) is 9.48 Å². The summed E-state index contributed by atoms with van der Waals surface area (Å²) in [6.45, 7) is 1.97. The second-order valence-corrected chi connectivity index (χ2v) is 6.43. The zero-order chi connectivity index (χ0) is 17.2. The van der Waals surface area contributed by atoms with Crippen LogP contribution >= 0.6 is 0 Å². The molecule has 2 aromatic rings. The molecule has 3 heterocycles. The normalized spacial score (nSPS) is 19.9. The number of amides is 3. The highest BCUT2D eigenvalue weighted by Crippen LogP contribution is 2.23. The largest absolute Gasteiger partial charge is 0.352 e. The van der Waals surface area contributed by atoms with E-state index in [2.05, 4.69) is 20.9 Å². The Morgan fingerprint density at radius 2 is 2.28 bits per heavy atom. The molecule has 2 aliphatic rings. The molecule has 25 heavy (non-hydrogen) atoms. The van der Waals surface area contributed by atoms with Gasteiger partial charge < -0.3 is 15.5 Å². The topological polar surface area (TPSA) is 92.2 Å². The van der Waals surface area contributed by atoms with E-state index in [0.29, 0.717) is 30.9 Å². The number of carbonyl (C=O) groups is 2. The van der Waals surface area contributed by atoms with Crippen LogP contribution in [0.3, 0.4) is 0 Å². The van der Waals surface area contributed by atoms with Gasteiger partial charge in [-0.3, -0.25) is 4.79 Å². The highest BCUT2D eigenvalue weighted by atomic mass is 16.2. The van der Waals surface area contributed by atoms with E-state index in [4.69, 9.17) is 0 Å². The summed E-state index contributed by atoms with van der Waals surface area (Å²) < 4.78 is 1.81. The number of nitrogens with zero attached hydrogens (tertiary/aromatic N) is 4. The minimum atomic E-state index is -0.152. The average molecular weight is 340 g/mol. The Labute approximate surface area is 145 Å². The van der Waals surface area contributed by atoms with Crippen LogP contribution in [-0.4, -0.2) is 51.5 Å². The Bertz CT molecular complexity index is 788. The molecule has 2 aliphatic heterocycles. The number of aromatic nitrogens is 3. The maximum atomic E-state index is 12.6. The third kappa shape index (κ3) is 3.19. The molecule has 2 N–H and O–H groups in total. The monoisotopic (exact) mass is 340 g/mol. The number of rotatable bonds is 2. The summed E-state index contributed by atoms with van der Waals surface area (Å²) >= 11 is 0. The Hall–Kier alpha value is -2.90. The number of carbonyl (C=O) groups excluding carboxylic acids is 2. The van der Waals surface area contributed by atoms with Crippen LogP contribution in [0.4, 0.5) is 10.5 Å². The molecule has 8 nitrogen and oxygen atoms in total. The van der Waals surface area contributed by atoms with Gasteiger partial charge in [0, 0.05) is 37.1 Å². The zero-order valence-electron chi connectivity index (χ0n) is 13.8. The number of hydrogen-bond donors (Lipinski definition) is 2. The molecule has 0 aliphatic carbocycles. The molecule has 1 unspecified atom stereocenters. The van der Waals surface area contributed by atoms with Gasteiger partial charge in [0.15, 0.2) is 0 Å². The van der Waals surface area contributed by atoms with Gasteiger partial charge in [0.1, 0.15) is 0 Å². The molecule has 1 aromatic carbocycles. The van der Waals surface area contributed by atoms with Gasteiger partial charge in [-0.2, -0.15) is 0 Å². The summed E-state index contributed by atoms with van der Waals surface area (Å²) in [5.41, 5.74) is 2.30. The van der Waals surface area contributed by atoms with E-state index < -0.39 is 0 Å². The third-order valence-electron chi connectivity index (χ3n) is 4.78. The number of piperidine rings is 1. The van der Waals surface area contributed by atoms with Crippen LogP contribution in [0.5, 0.6) is 0 Å². The Kier molecular flexibility index (Phi) is 4.09. The van der Waals surface area contributed by atoms with E-state index in [1.54, 1.807) is 17.2 Å². The quantitative estimate of drug-likeness (QED) is 0.865. The smallest absolute Gasteiger partial charge is 0.321 e. The number of likely N-dealkylation sites (tertiary alicyclic amines) is 1. The molecule has 1 saturated heterocycles. The number of fused-ring (bicyclic) bond motifs is 1. The summed E-state index contributed by atoms with van der Waals surface area (Å²) in [6.07, 6.45) is 6.20. The summed E-state index contributed by atoms with van der Waals surface area (Å²) in [4.78, 5) is 26.3. The van der Waals surface area contributed by atoms with Crippen LogP contribution in [0.25, 0.3) is 0 Å². The number of nitrogens with one attached hydrogen (secondary N) is 2. The lowest BCUT2D eigenvalue weighted by Crippen LogP contribution is -2.43. The van der Waals surface area contributed by atoms with E-state index >= 15 is 0 Å². The number of urea groups is 1. The Balaban J connectivity index is 1.45. The van der Waals surface area contributed by atoms with Gasteiger partial charge in [-0.05, 0) is 37.0 Å². The maximum absolute atomic E-state index is 12.6. The molecule has 130 valence electrons. The van der Waals surface area contributed by atoms with Gasteiger partial charge in [-0.15, -0.1) is 5.10 Å². The molecule has 4 rings (SSSR count). The van der Waals surface area contributed by atoms with Gasteiger partial charge in [0.2, 0.25) is 0 Å². The van der Waals surface area contributed by atoms with Crippen molar-refractivity contribution in [2.45, 2.75) is 25.3 Å². The zero-order valence-corrected chi connectivity index (χ0v) is 13.8. The van der Waals surface area contributed by atoms with Crippen molar-refractivity contribution in [3.8, 4) is 0 Å². The molecule has 1 fully saturated rings. The second kappa shape index (κ2) is 6.54. The van der Waals surface area contributed by atoms with Crippen LogP contribution < -0.4 is 10.6 Å². The lowest BCUT2D eigenvalue weighted by molar-refractivity contribution is 0.0946. The minimum Gasteiger partial charge on any atom is -0.352 e. The summed E-state index contributed by atoms with van der Waals surface area (Å²) in [5.74, 6) is -0.0819. The van der Waals surface area contributed by atoms with E-state index in [-0.39, 0.29) is 18.0 Å². The van der Waals surface area contributed by atoms with E-state index in [1.807, 2.05) is 23.0 Å². The first-order valence-electron chi connectivity index (χ1n) is 8.53. The van der Waals surface area contributed by atoms with Crippen LogP contribution in [0.15, 0.2) is 30.6 Å². The van der Waals surface area contributed by atoms with E-state index in [1.165, 1.54) is 0 Å². The van der Waals surface area contributed by atoms with E-state index in [9.17, 15) is 9.59 Å². The summed E-state index contributed by atoms with van der Waals surface area (Å²) in [7, 11) is 0. The average Bonchev–Trinajstić information content (AvgIpc) is 3.17. The van der Waals surface area contributed by atoms with Crippen molar-refractivity contribution in [1.82, 2.24) is 25.2 Å². The van der Waals surface area contributed by atoms with Crippen LogP contribution in [-0.2, 0) is 6.42 Å². The fourth-order valence-corrected chi connectivity index (χ4v) is 3.46. The molecule has 0 bridgehead atoms. The maximum Gasteiger partial charge on any atom is 0.321 e. The second-order valence-electron chi connectivity index (χ2n) is 6.43. The van der Waals surface area contributed by atoms with Crippen LogP contribution in [0, 0.1) is 0 Å². The lowest BCUT2D eigenvalue weighted by atomic mass is 10.00. The fraction of sp³-hybridized carbons (Fsp3) is 0.412. The number of anilines is 1. The summed E-state index contributed by atoms with van der Waals surface area (Å²) in [5, 5.41) is 13.6. The minimum absolute atomic E-state index is 0.0819. The number of hydrogen-bond acceptors (Lipinski definition) is 4. The molecular formula is C17H20N6O2. The standard InChI is InChI=1S/C17H20N6O2/c24-16-15-10-13(4-3-12(15)5-6-18-16)20-17(25)22-8-1-2-14(11-22)23-9-7-19-21-23/h3-4,7,9-10,14H,1-2,5-6,8,11H2,(H,18,24)(H,20,25). The van der Waals surface area contributed by atoms with Crippen molar-refractivity contribution in [3.05, 3.63) is 41.7 Å². The van der Waals surface area contributed by atoms with Gasteiger partial charge >= 0.3 is 6.03 Å². The molecule has 0 saturated carbocycles. The van der Waals surface area contributed by atoms with Crippen LogP contribution in [0.1, 0.15) is 34.8 Å².